The standard InChI is InChI=1S/C19H21ClFNO2/c20-16-5-1-14(2-6-16)18(23)13-22-11-9-19(24,10-12-22)15-3-7-17(21)8-4-15/h1-8,18,23-24H,9-13H2/t18-/m0/s1. The first kappa shape index (κ1) is 17.4. The molecule has 1 atom stereocenters. The third-order valence-corrected chi connectivity index (χ3v) is 5.00. The number of nitrogens with zero attached hydrogens (tertiary/aromatic N) is 1. The van der Waals surface area contributed by atoms with Crippen molar-refractivity contribution >= 4 is 11.6 Å². The monoisotopic (exact) mass is 349 g/mol. The highest BCUT2D eigenvalue weighted by atomic mass is 35.5. The van der Waals surface area contributed by atoms with Crippen molar-refractivity contribution in [1.29, 1.82) is 0 Å². The lowest BCUT2D eigenvalue weighted by Crippen LogP contribution is -2.43. The molecule has 1 heterocycles. The quantitative estimate of drug-likeness (QED) is 0.888. The van der Waals surface area contributed by atoms with Crippen molar-refractivity contribution < 1.29 is 14.6 Å². The number of likely N-dealkylation sites (tertiary alicyclic amines) is 1. The molecule has 0 aliphatic carbocycles. The number of aliphatic hydroxyl groups is 2. The molecule has 128 valence electrons. The first-order valence-corrected chi connectivity index (χ1v) is 8.48. The molecule has 3 rings (SSSR count). The summed E-state index contributed by atoms with van der Waals surface area (Å²) in [6.45, 7) is 1.87. The summed E-state index contributed by atoms with van der Waals surface area (Å²) in [6, 6.07) is 13.2. The van der Waals surface area contributed by atoms with Gasteiger partial charge in [0.05, 0.1) is 11.7 Å². The Balaban J connectivity index is 1.58. The van der Waals surface area contributed by atoms with Crippen LogP contribution >= 0.6 is 11.6 Å². The van der Waals surface area contributed by atoms with E-state index in [4.69, 9.17) is 11.6 Å². The molecule has 1 aliphatic heterocycles. The lowest BCUT2D eigenvalue weighted by Gasteiger charge is -2.39. The summed E-state index contributed by atoms with van der Waals surface area (Å²) in [5.41, 5.74) is 0.663. The van der Waals surface area contributed by atoms with Gasteiger partial charge in [-0.1, -0.05) is 35.9 Å². The Morgan fingerprint density at radius 1 is 1.04 bits per heavy atom. The summed E-state index contributed by atoms with van der Waals surface area (Å²) in [4.78, 5) is 2.14. The second kappa shape index (κ2) is 7.19. The number of halogens is 2. The molecule has 0 bridgehead atoms. The number of piperidine rings is 1. The zero-order valence-electron chi connectivity index (χ0n) is 13.3. The van der Waals surface area contributed by atoms with Crippen LogP contribution in [0.5, 0.6) is 0 Å². The molecule has 2 aromatic carbocycles. The van der Waals surface area contributed by atoms with Gasteiger partial charge in [-0.25, -0.2) is 4.39 Å². The molecule has 1 aliphatic rings. The first-order valence-electron chi connectivity index (χ1n) is 8.11. The molecule has 0 amide bonds. The van der Waals surface area contributed by atoms with E-state index >= 15 is 0 Å². The molecule has 0 aromatic heterocycles. The molecular formula is C19H21ClFNO2. The second-order valence-corrected chi connectivity index (χ2v) is 6.84. The Kier molecular flexibility index (Phi) is 5.21. The van der Waals surface area contributed by atoms with Gasteiger partial charge in [0.25, 0.3) is 0 Å². The lowest BCUT2D eigenvalue weighted by atomic mass is 9.84. The van der Waals surface area contributed by atoms with E-state index in [2.05, 4.69) is 4.90 Å². The zero-order valence-corrected chi connectivity index (χ0v) is 14.1. The molecule has 2 N–H and O–H groups in total. The third-order valence-electron chi connectivity index (χ3n) is 4.75. The number of β-amino-alcohol motifs (C(OH)–C–C–N with tert-alkyl or cyclic N) is 1. The van der Waals surface area contributed by atoms with Gasteiger partial charge in [-0.15, -0.1) is 0 Å². The van der Waals surface area contributed by atoms with Crippen LogP contribution in [0.4, 0.5) is 4.39 Å². The fourth-order valence-electron chi connectivity index (χ4n) is 3.19. The molecule has 1 saturated heterocycles. The Labute approximate surface area is 146 Å². The van der Waals surface area contributed by atoms with Gasteiger partial charge in [0.15, 0.2) is 0 Å². The van der Waals surface area contributed by atoms with Gasteiger partial charge in [0.1, 0.15) is 5.82 Å². The molecule has 0 saturated carbocycles. The number of rotatable bonds is 4. The van der Waals surface area contributed by atoms with Crippen LogP contribution in [0.15, 0.2) is 48.5 Å². The molecule has 2 aromatic rings. The topological polar surface area (TPSA) is 43.7 Å². The largest absolute Gasteiger partial charge is 0.387 e. The number of benzene rings is 2. The van der Waals surface area contributed by atoms with Crippen molar-refractivity contribution in [1.82, 2.24) is 4.90 Å². The van der Waals surface area contributed by atoms with Crippen molar-refractivity contribution in [2.75, 3.05) is 19.6 Å². The average molecular weight is 350 g/mol. The number of hydrogen-bond acceptors (Lipinski definition) is 3. The molecule has 0 unspecified atom stereocenters. The van der Waals surface area contributed by atoms with Crippen molar-refractivity contribution in [3.63, 3.8) is 0 Å². The van der Waals surface area contributed by atoms with Gasteiger partial charge in [0, 0.05) is 24.7 Å². The highest BCUT2D eigenvalue weighted by molar-refractivity contribution is 6.30. The van der Waals surface area contributed by atoms with Crippen LogP contribution in [0.1, 0.15) is 30.1 Å². The van der Waals surface area contributed by atoms with E-state index in [1.165, 1.54) is 12.1 Å². The molecule has 5 heteroatoms. The predicted molar refractivity (Wildman–Crippen MR) is 92.4 cm³/mol. The van der Waals surface area contributed by atoms with Gasteiger partial charge in [0.2, 0.25) is 0 Å². The summed E-state index contributed by atoms with van der Waals surface area (Å²) >= 11 is 5.86. The normalized spacial score (nSPS) is 19.2. The highest BCUT2D eigenvalue weighted by Crippen LogP contribution is 2.33. The fourth-order valence-corrected chi connectivity index (χ4v) is 3.32. The smallest absolute Gasteiger partial charge is 0.123 e. The van der Waals surface area contributed by atoms with Crippen molar-refractivity contribution in [3.05, 3.63) is 70.5 Å². The van der Waals surface area contributed by atoms with Crippen LogP contribution in [0.25, 0.3) is 0 Å². The summed E-state index contributed by atoms with van der Waals surface area (Å²) in [5, 5.41) is 21.8. The Morgan fingerprint density at radius 2 is 1.62 bits per heavy atom. The van der Waals surface area contributed by atoms with E-state index in [9.17, 15) is 14.6 Å². The maximum Gasteiger partial charge on any atom is 0.123 e. The summed E-state index contributed by atoms with van der Waals surface area (Å²) < 4.78 is 13.0. The highest BCUT2D eigenvalue weighted by Gasteiger charge is 2.34. The molecular weight excluding hydrogens is 329 g/mol. The van der Waals surface area contributed by atoms with Crippen LogP contribution in [-0.4, -0.2) is 34.7 Å². The molecule has 0 radical (unpaired) electrons. The first-order chi connectivity index (χ1) is 11.5. The van der Waals surface area contributed by atoms with Crippen LogP contribution in [0.2, 0.25) is 5.02 Å². The van der Waals surface area contributed by atoms with E-state index in [-0.39, 0.29) is 5.82 Å². The van der Waals surface area contributed by atoms with Crippen LogP contribution in [0, 0.1) is 5.82 Å². The molecule has 0 spiro atoms. The fraction of sp³-hybridized carbons (Fsp3) is 0.368. The van der Waals surface area contributed by atoms with Crippen molar-refractivity contribution in [2.45, 2.75) is 24.5 Å². The van der Waals surface area contributed by atoms with Gasteiger partial charge < -0.3 is 15.1 Å². The van der Waals surface area contributed by atoms with Crippen LogP contribution in [0.3, 0.4) is 0 Å². The minimum atomic E-state index is -0.921. The minimum absolute atomic E-state index is 0.300. The van der Waals surface area contributed by atoms with Gasteiger partial charge >= 0.3 is 0 Å². The maximum atomic E-state index is 13.0. The van der Waals surface area contributed by atoms with E-state index in [0.29, 0.717) is 37.5 Å². The zero-order chi connectivity index (χ0) is 17.2. The van der Waals surface area contributed by atoms with Gasteiger partial charge in [-0.05, 0) is 48.2 Å². The Bertz CT molecular complexity index is 667. The predicted octanol–water partition coefficient (Wildman–Crippen LogP) is 3.50. The summed E-state index contributed by atoms with van der Waals surface area (Å²) in [6.07, 6.45) is 0.539. The van der Waals surface area contributed by atoms with E-state index < -0.39 is 11.7 Å². The number of hydrogen-bond donors (Lipinski definition) is 2. The van der Waals surface area contributed by atoms with E-state index in [1.807, 2.05) is 12.1 Å². The van der Waals surface area contributed by atoms with E-state index in [0.717, 1.165) is 11.1 Å². The summed E-state index contributed by atoms with van der Waals surface area (Å²) in [7, 11) is 0. The van der Waals surface area contributed by atoms with Crippen molar-refractivity contribution in [2.24, 2.45) is 0 Å². The SMILES string of the molecule is O[C@@H](CN1CCC(O)(c2ccc(F)cc2)CC1)c1ccc(Cl)cc1. The minimum Gasteiger partial charge on any atom is -0.387 e. The maximum absolute atomic E-state index is 13.0. The summed E-state index contributed by atoms with van der Waals surface area (Å²) in [5.74, 6) is -0.300. The number of aliphatic hydroxyl groups excluding tert-OH is 1. The van der Waals surface area contributed by atoms with Crippen molar-refractivity contribution in [3.8, 4) is 0 Å². The Morgan fingerprint density at radius 3 is 2.21 bits per heavy atom. The Hall–Kier alpha value is -1.46. The average Bonchev–Trinajstić information content (AvgIpc) is 2.58. The second-order valence-electron chi connectivity index (χ2n) is 6.41. The molecule has 1 fully saturated rings. The third kappa shape index (κ3) is 3.95. The van der Waals surface area contributed by atoms with Crippen LogP contribution < -0.4 is 0 Å². The lowest BCUT2D eigenvalue weighted by molar-refractivity contribution is -0.0345. The van der Waals surface area contributed by atoms with E-state index in [1.54, 1.807) is 24.3 Å². The molecule has 24 heavy (non-hydrogen) atoms. The van der Waals surface area contributed by atoms with Crippen LogP contribution in [-0.2, 0) is 5.60 Å². The van der Waals surface area contributed by atoms with Gasteiger partial charge in [-0.3, -0.25) is 0 Å². The molecule has 3 nitrogen and oxygen atoms in total. The van der Waals surface area contributed by atoms with Gasteiger partial charge in [-0.2, -0.15) is 0 Å².